The summed E-state index contributed by atoms with van der Waals surface area (Å²) in [6, 6.07) is 11.8. The van der Waals surface area contributed by atoms with Gasteiger partial charge in [0.15, 0.2) is 5.58 Å². The number of aryl methyl sites for hydroxylation is 2. The van der Waals surface area contributed by atoms with E-state index in [1.54, 1.807) is 0 Å². The summed E-state index contributed by atoms with van der Waals surface area (Å²) in [5, 5.41) is 1.82. The minimum Gasteiger partial charge on any atom is -0.454 e. The third-order valence-electron chi connectivity index (χ3n) is 5.65. The fourth-order valence-corrected chi connectivity index (χ4v) is 4.03. The highest BCUT2D eigenvalue weighted by Crippen LogP contribution is 2.30. The van der Waals surface area contributed by atoms with E-state index < -0.39 is 5.63 Å². The van der Waals surface area contributed by atoms with Crippen LogP contribution in [0.1, 0.15) is 11.4 Å². The van der Waals surface area contributed by atoms with Crippen LogP contribution in [0, 0.1) is 13.8 Å². The molecule has 0 spiro atoms. The third kappa shape index (κ3) is 3.19. The average Bonchev–Trinajstić information content (AvgIpc) is 3.11. The van der Waals surface area contributed by atoms with Gasteiger partial charge in [-0.25, -0.2) is 4.79 Å². The molecule has 0 aliphatic carbocycles. The van der Waals surface area contributed by atoms with Crippen molar-refractivity contribution in [1.82, 2.24) is 9.88 Å². The minimum absolute atomic E-state index is 0.394. The van der Waals surface area contributed by atoms with E-state index in [4.69, 9.17) is 8.83 Å². The van der Waals surface area contributed by atoms with E-state index in [9.17, 15) is 4.79 Å². The number of aromatic nitrogens is 1. The molecular formula is C23H23N3O3. The third-order valence-corrected chi connectivity index (χ3v) is 5.65. The normalized spacial score (nSPS) is 15.5. The second-order valence-corrected chi connectivity index (χ2v) is 7.84. The van der Waals surface area contributed by atoms with Crippen molar-refractivity contribution in [2.75, 3.05) is 38.1 Å². The lowest BCUT2D eigenvalue weighted by Crippen LogP contribution is -2.44. The molecule has 1 saturated heterocycles. The molecule has 0 saturated carbocycles. The molecule has 1 aromatic carbocycles. The maximum Gasteiger partial charge on any atom is 0.347 e. The Bertz CT molecular complexity index is 1280. The van der Waals surface area contributed by atoms with Crippen LogP contribution >= 0.6 is 0 Å². The monoisotopic (exact) mass is 389 g/mol. The van der Waals surface area contributed by atoms with Gasteiger partial charge < -0.3 is 18.6 Å². The molecule has 6 nitrogen and oxygen atoms in total. The fourth-order valence-electron chi connectivity index (χ4n) is 4.03. The predicted molar refractivity (Wildman–Crippen MR) is 115 cm³/mol. The molecule has 1 aliphatic heterocycles. The molecule has 4 heterocycles. The van der Waals surface area contributed by atoms with Gasteiger partial charge in [-0.3, -0.25) is 4.98 Å². The first-order valence-corrected chi connectivity index (χ1v) is 9.87. The lowest BCUT2D eigenvalue weighted by molar-refractivity contribution is 0.313. The number of fused-ring (bicyclic) bond motifs is 2. The van der Waals surface area contributed by atoms with Crippen LogP contribution in [-0.4, -0.2) is 43.1 Å². The maximum atomic E-state index is 12.7. The Balaban J connectivity index is 1.56. The Kier molecular flexibility index (Phi) is 4.17. The topological polar surface area (TPSA) is 62.7 Å². The van der Waals surface area contributed by atoms with E-state index >= 15 is 0 Å². The van der Waals surface area contributed by atoms with Crippen LogP contribution in [0.3, 0.4) is 0 Å². The van der Waals surface area contributed by atoms with Gasteiger partial charge in [0.25, 0.3) is 0 Å². The Hall–Kier alpha value is -3.12. The van der Waals surface area contributed by atoms with Crippen LogP contribution in [0.4, 0.5) is 5.69 Å². The summed E-state index contributed by atoms with van der Waals surface area (Å²) in [5.74, 6) is 0.509. The van der Waals surface area contributed by atoms with Crippen molar-refractivity contribution in [2.24, 2.45) is 0 Å². The molecule has 4 aromatic rings. The molecule has 0 amide bonds. The summed E-state index contributed by atoms with van der Waals surface area (Å²) < 4.78 is 11.6. The van der Waals surface area contributed by atoms with Crippen molar-refractivity contribution >= 4 is 27.6 Å². The van der Waals surface area contributed by atoms with Gasteiger partial charge in [0.2, 0.25) is 0 Å². The lowest BCUT2D eigenvalue weighted by atomic mass is 10.1. The summed E-state index contributed by atoms with van der Waals surface area (Å²) in [5.41, 5.74) is 4.16. The molecule has 0 bridgehead atoms. The van der Waals surface area contributed by atoms with Crippen molar-refractivity contribution in [2.45, 2.75) is 13.8 Å². The zero-order valence-corrected chi connectivity index (χ0v) is 16.9. The van der Waals surface area contributed by atoms with Gasteiger partial charge >= 0.3 is 5.63 Å². The summed E-state index contributed by atoms with van der Waals surface area (Å²) in [4.78, 5) is 21.8. The Morgan fingerprint density at radius 2 is 1.72 bits per heavy atom. The van der Waals surface area contributed by atoms with Gasteiger partial charge in [-0.2, -0.15) is 0 Å². The Morgan fingerprint density at radius 1 is 0.931 bits per heavy atom. The number of pyridine rings is 1. The van der Waals surface area contributed by atoms with Crippen molar-refractivity contribution in [3.63, 3.8) is 0 Å². The van der Waals surface area contributed by atoms with Gasteiger partial charge in [-0.15, -0.1) is 0 Å². The molecule has 0 N–H and O–H groups in total. The zero-order chi connectivity index (χ0) is 20.1. The van der Waals surface area contributed by atoms with Crippen LogP contribution in [0.2, 0.25) is 0 Å². The van der Waals surface area contributed by atoms with Crippen LogP contribution in [0.15, 0.2) is 50.0 Å². The predicted octanol–water partition coefficient (Wildman–Crippen LogP) is 3.97. The number of hydrogen-bond donors (Lipinski definition) is 0. The van der Waals surface area contributed by atoms with Gasteiger partial charge in [0.1, 0.15) is 16.9 Å². The standard InChI is InChI=1S/C23H23N3O3/c1-14-10-17-12-21(28-22(17)15(2)24-14)19-11-16-4-5-18(13-20(16)29-23(19)27)26-8-6-25(3)7-9-26/h4-5,10-13H,6-9H2,1-3H3. The van der Waals surface area contributed by atoms with Crippen molar-refractivity contribution in [1.29, 1.82) is 0 Å². The van der Waals surface area contributed by atoms with Gasteiger partial charge in [0.05, 0.1) is 5.69 Å². The number of likely N-dealkylation sites (N-methyl/N-ethyl adjacent to an activating group) is 1. The summed E-state index contributed by atoms with van der Waals surface area (Å²) in [6.45, 7) is 7.85. The van der Waals surface area contributed by atoms with Crippen LogP contribution in [0.25, 0.3) is 33.3 Å². The Morgan fingerprint density at radius 3 is 2.52 bits per heavy atom. The molecular weight excluding hydrogens is 366 g/mol. The first-order chi connectivity index (χ1) is 14.0. The maximum absolute atomic E-state index is 12.7. The van der Waals surface area contributed by atoms with Crippen LogP contribution in [-0.2, 0) is 0 Å². The number of furan rings is 1. The molecule has 1 aliphatic rings. The number of piperazine rings is 1. The molecule has 0 unspecified atom stereocenters. The first kappa shape index (κ1) is 17.9. The fraction of sp³-hybridized carbons (Fsp3) is 0.304. The highest BCUT2D eigenvalue weighted by molar-refractivity contribution is 5.88. The highest BCUT2D eigenvalue weighted by Gasteiger charge is 2.17. The van der Waals surface area contributed by atoms with E-state index in [0.29, 0.717) is 22.5 Å². The van der Waals surface area contributed by atoms with E-state index in [1.165, 1.54) is 0 Å². The van der Waals surface area contributed by atoms with E-state index in [2.05, 4.69) is 27.9 Å². The van der Waals surface area contributed by atoms with E-state index in [1.807, 2.05) is 44.2 Å². The van der Waals surface area contributed by atoms with Crippen molar-refractivity contribution in [3.05, 3.63) is 58.2 Å². The molecule has 0 radical (unpaired) electrons. The van der Waals surface area contributed by atoms with E-state index in [-0.39, 0.29) is 0 Å². The molecule has 148 valence electrons. The Labute approximate surface area is 168 Å². The molecule has 1 fully saturated rings. The van der Waals surface area contributed by atoms with Crippen LogP contribution < -0.4 is 10.5 Å². The second-order valence-electron chi connectivity index (χ2n) is 7.84. The van der Waals surface area contributed by atoms with Crippen LogP contribution in [0.5, 0.6) is 0 Å². The SMILES string of the molecule is Cc1cc2cc(-c3cc4ccc(N5CCN(C)CC5)cc4oc3=O)oc2c(C)n1. The number of benzene rings is 1. The molecule has 6 heteroatoms. The number of anilines is 1. The van der Waals surface area contributed by atoms with E-state index in [0.717, 1.165) is 54.0 Å². The molecule has 3 aromatic heterocycles. The largest absolute Gasteiger partial charge is 0.454 e. The van der Waals surface area contributed by atoms with Gasteiger partial charge in [-0.1, -0.05) is 0 Å². The van der Waals surface area contributed by atoms with Crippen molar-refractivity contribution < 1.29 is 8.83 Å². The smallest absolute Gasteiger partial charge is 0.347 e. The number of nitrogens with zero attached hydrogens (tertiary/aromatic N) is 3. The quantitative estimate of drug-likeness (QED) is 0.484. The lowest BCUT2D eigenvalue weighted by Gasteiger charge is -2.34. The number of rotatable bonds is 2. The summed E-state index contributed by atoms with van der Waals surface area (Å²) in [6.07, 6.45) is 0. The van der Waals surface area contributed by atoms with Crippen molar-refractivity contribution in [3.8, 4) is 11.3 Å². The van der Waals surface area contributed by atoms with Gasteiger partial charge in [-0.05, 0) is 51.2 Å². The summed E-state index contributed by atoms with van der Waals surface area (Å²) in [7, 11) is 2.13. The minimum atomic E-state index is -0.394. The molecule has 5 rings (SSSR count). The zero-order valence-electron chi connectivity index (χ0n) is 16.9. The average molecular weight is 389 g/mol. The first-order valence-electron chi connectivity index (χ1n) is 9.87. The van der Waals surface area contributed by atoms with Gasteiger partial charge in [0, 0.05) is 54.4 Å². The summed E-state index contributed by atoms with van der Waals surface area (Å²) >= 11 is 0. The molecule has 29 heavy (non-hydrogen) atoms. The second kappa shape index (κ2) is 6.74. The molecule has 0 atom stereocenters. The highest BCUT2D eigenvalue weighted by atomic mass is 16.4. The number of hydrogen-bond acceptors (Lipinski definition) is 6.